The molecule has 0 saturated carbocycles. The molecule has 1 aliphatic rings. The summed E-state index contributed by atoms with van der Waals surface area (Å²) in [5.41, 5.74) is 3.22. The normalized spacial score (nSPS) is 16.5. The minimum atomic E-state index is 0.0192. The average Bonchev–Trinajstić information content (AvgIpc) is 3.02. The van der Waals surface area contributed by atoms with Crippen LogP contribution >= 0.6 is 0 Å². The minimum absolute atomic E-state index is 0.0192. The van der Waals surface area contributed by atoms with Crippen LogP contribution in [0.3, 0.4) is 0 Å². The van der Waals surface area contributed by atoms with E-state index >= 15 is 0 Å². The Bertz CT molecular complexity index is 873. The van der Waals surface area contributed by atoms with Crippen molar-refractivity contribution in [3.8, 4) is 0 Å². The van der Waals surface area contributed by atoms with E-state index in [9.17, 15) is 4.79 Å². The number of hydrogen-bond donors (Lipinski definition) is 0. The summed E-state index contributed by atoms with van der Waals surface area (Å²) >= 11 is 0. The number of nitrogens with zero attached hydrogens (tertiary/aromatic N) is 4. The number of benzene rings is 1. The third kappa shape index (κ3) is 3.05. The second kappa shape index (κ2) is 6.51. The highest BCUT2D eigenvalue weighted by Crippen LogP contribution is 2.30. The Morgan fingerprint density at radius 3 is 2.76 bits per heavy atom. The zero-order chi connectivity index (χ0) is 17.2. The van der Waals surface area contributed by atoms with E-state index in [-0.39, 0.29) is 11.9 Å². The molecule has 1 aliphatic heterocycles. The molecular weight excluding hydrogens is 312 g/mol. The van der Waals surface area contributed by atoms with Gasteiger partial charge in [-0.1, -0.05) is 36.4 Å². The number of carbonyl (C=O) groups excluding carboxylic acids is 1. The Hall–Kier alpha value is -2.95. The number of aryl methyl sites for hydroxylation is 1. The van der Waals surface area contributed by atoms with Crippen LogP contribution in [-0.2, 0) is 24.3 Å². The van der Waals surface area contributed by atoms with E-state index in [0.717, 1.165) is 29.2 Å². The van der Waals surface area contributed by atoms with E-state index in [1.54, 1.807) is 12.4 Å². The van der Waals surface area contributed by atoms with Gasteiger partial charge in [-0.15, -0.1) is 0 Å². The van der Waals surface area contributed by atoms with Crippen molar-refractivity contribution in [3.05, 3.63) is 83.7 Å². The highest BCUT2D eigenvalue weighted by molar-refractivity contribution is 5.79. The molecule has 0 aliphatic carbocycles. The lowest BCUT2D eigenvalue weighted by Gasteiger charge is -2.37. The first-order valence-corrected chi connectivity index (χ1v) is 8.46. The maximum Gasteiger partial charge on any atom is 0.228 e. The zero-order valence-corrected chi connectivity index (χ0v) is 14.2. The number of fused-ring (bicyclic) bond motifs is 1. The van der Waals surface area contributed by atoms with Crippen LogP contribution in [0.25, 0.3) is 0 Å². The van der Waals surface area contributed by atoms with Crippen LogP contribution in [0.2, 0.25) is 0 Å². The van der Waals surface area contributed by atoms with Crippen LogP contribution in [0, 0.1) is 6.92 Å². The molecule has 2 aromatic heterocycles. The van der Waals surface area contributed by atoms with Gasteiger partial charge in [0.1, 0.15) is 5.82 Å². The SMILES string of the molecule is Cc1cnc2n1C[C@@H](c1ccccc1)N(C(=O)Cc1cccnc1)C2. The lowest BCUT2D eigenvalue weighted by molar-refractivity contribution is -0.135. The zero-order valence-electron chi connectivity index (χ0n) is 14.2. The summed E-state index contributed by atoms with van der Waals surface area (Å²) in [5.74, 6) is 1.05. The summed E-state index contributed by atoms with van der Waals surface area (Å²) < 4.78 is 2.21. The molecule has 3 aromatic rings. The van der Waals surface area contributed by atoms with Gasteiger partial charge in [-0.25, -0.2) is 4.98 Å². The number of imidazole rings is 1. The van der Waals surface area contributed by atoms with Crippen LogP contribution < -0.4 is 0 Å². The van der Waals surface area contributed by atoms with Crippen LogP contribution in [0.1, 0.15) is 28.7 Å². The fourth-order valence-electron chi connectivity index (χ4n) is 3.42. The Morgan fingerprint density at radius 1 is 1.16 bits per heavy atom. The van der Waals surface area contributed by atoms with Gasteiger partial charge in [-0.3, -0.25) is 9.78 Å². The molecule has 4 rings (SSSR count). The third-order valence-electron chi connectivity index (χ3n) is 4.76. The predicted octanol–water partition coefficient (Wildman–Crippen LogP) is 2.91. The standard InChI is InChI=1S/C20H20N4O/c1-15-11-22-19-14-24(20(25)10-16-6-5-9-21-12-16)18(13-23(15)19)17-7-3-2-4-8-17/h2-9,11-12,18H,10,13-14H2,1H3/t18-/m0/s1. The molecule has 1 amide bonds. The number of aromatic nitrogens is 3. The Morgan fingerprint density at radius 2 is 2.00 bits per heavy atom. The maximum atomic E-state index is 13.0. The first kappa shape index (κ1) is 15.6. The number of rotatable bonds is 3. The van der Waals surface area contributed by atoms with Crippen LogP contribution in [-0.4, -0.2) is 25.3 Å². The smallest absolute Gasteiger partial charge is 0.228 e. The molecule has 3 heterocycles. The van der Waals surface area contributed by atoms with Crippen molar-refractivity contribution in [2.45, 2.75) is 32.5 Å². The largest absolute Gasteiger partial charge is 0.328 e. The minimum Gasteiger partial charge on any atom is -0.328 e. The van der Waals surface area contributed by atoms with Crippen molar-refractivity contribution in [2.75, 3.05) is 0 Å². The van der Waals surface area contributed by atoms with E-state index in [1.165, 1.54) is 0 Å². The van der Waals surface area contributed by atoms with Crippen LogP contribution in [0.15, 0.2) is 61.1 Å². The van der Waals surface area contributed by atoms with E-state index in [4.69, 9.17) is 0 Å². The quantitative estimate of drug-likeness (QED) is 0.741. The van der Waals surface area contributed by atoms with Gasteiger partial charge in [0.05, 0.1) is 19.0 Å². The molecule has 0 bridgehead atoms. The molecule has 5 heteroatoms. The second-order valence-electron chi connectivity index (χ2n) is 6.41. The average molecular weight is 332 g/mol. The summed E-state index contributed by atoms with van der Waals surface area (Å²) in [6.07, 6.45) is 5.72. The fraction of sp³-hybridized carbons (Fsp3) is 0.250. The molecule has 0 spiro atoms. The van der Waals surface area contributed by atoms with Crippen LogP contribution in [0.5, 0.6) is 0 Å². The van der Waals surface area contributed by atoms with Gasteiger partial charge in [0.25, 0.3) is 0 Å². The number of pyridine rings is 1. The predicted molar refractivity (Wildman–Crippen MR) is 94.6 cm³/mol. The Kier molecular flexibility index (Phi) is 4.06. The monoisotopic (exact) mass is 332 g/mol. The topological polar surface area (TPSA) is 51.0 Å². The van der Waals surface area contributed by atoms with E-state index in [1.807, 2.05) is 41.4 Å². The summed E-state index contributed by atoms with van der Waals surface area (Å²) in [5, 5.41) is 0. The molecular formula is C20H20N4O. The molecule has 1 atom stereocenters. The molecule has 0 N–H and O–H groups in total. The van der Waals surface area contributed by atoms with Crippen molar-refractivity contribution in [2.24, 2.45) is 0 Å². The molecule has 126 valence electrons. The van der Waals surface area contributed by atoms with Gasteiger partial charge in [-0.05, 0) is 24.1 Å². The molecule has 5 nitrogen and oxygen atoms in total. The number of amides is 1. The first-order valence-electron chi connectivity index (χ1n) is 8.46. The van der Waals surface area contributed by atoms with E-state index < -0.39 is 0 Å². The number of hydrogen-bond acceptors (Lipinski definition) is 3. The molecule has 1 aromatic carbocycles. The summed E-state index contributed by atoms with van der Waals surface area (Å²) in [6.45, 7) is 3.34. The third-order valence-corrected chi connectivity index (χ3v) is 4.76. The van der Waals surface area contributed by atoms with Crippen molar-refractivity contribution >= 4 is 5.91 Å². The van der Waals surface area contributed by atoms with Gasteiger partial charge in [-0.2, -0.15) is 0 Å². The molecule has 0 saturated heterocycles. The van der Waals surface area contributed by atoms with Gasteiger partial charge >= 0.3 is 0 Å². The highest BCUT2D eigenvalue weighted by Gasteiger charge is 2.32. The van der Waals surface area contributed by atoms with Gasteiger partial charge in [0, 0.05) is 30.8 Å². The van der Waals surface area contributed by atoms with Crippen molar-refractivity contribution < 1.29 is 4.79 Å². The fourth-order valence-corrected chi connectivity index (χ4v) is 3.42. The van der Waals surface area contributed by atoms with E-state index in [0.29, 0.717) is 13.0 Å². The summed E-state index contributed by atoms with van der Waals surface area (Å²) in [4.78, 5) is 23.6. The molecule has 0 unspecified atom stereocenters. The first-order chi connectivity index (χ1) is 12.2. The molecule has 0 fully saturated rings. The highest BCUT2D eigenvalue weighted by atomic mass is 16.2. The lowest BCUT2D eigenvalue weighted by atomic mass is 10.0. The van der Waals surface area contributed by atoms with Crippen molar-refractivity contribution in [3.63, 3.8) is 0 Å². The number of carbonyl (C=O) groups is 1. The van der Waals surface area contributed by atoms with Gasteiger partial charge < -0.3 is 9.47 Å². The Balaban J connectivity index is 1.66. The van der Waals surface area contributed by atoms with E-state index in [2.05, 4.69) is 33.6 Å². The molecule has 25 heavy (non-hydrogen) atoms. The van der Waals surface area contributed by atoms with Gasteiger partial charge in [0.2, 0.25) is 5.91 Å². The summed E-state index contributed by atoms with van der Waals surface area (Å²) in [7, 11) is 0. The van der Waals surface area contributed by atoms with Crippen LogP contribution in [0.4, 0.5) is 0 Å². The van der Waals surface area contributed by atoms with Gasteiger partial charge in [0.15, 0.2) is 0 Å². The Labute approximate surface area is 147 Å². The molecule has 0 radical (unpaired) electrons. The van der Waals surface area contributed by atoms with Crippen molar-refractivity contribution in [1.29, 1.82) is 0 Å². The maximum absolute atomic E-state index is 13.0. The summed E-state index contributed by atoms with van der Waals surface area (Å²) in [6, 6.07) is 14.1. The lowest BCUT2D eigenvalue weighted by Crippen LogP contribution is -2.42. The van der Waals surface area contributed by atoms with Crippen molar-refractivity contribution in [1.82, 2.24) is 19.4 Å². The second-order valence-corrected chi connectivity index (χ2v) is 6.41.